The second-order valence-corrected chi connectivity index (χ2v) is 13.1. The quantitative estimate of drug-likeness (QED) is 0.287. The van der Waals surface area contributed by atoms with Crippen molar-refractivity contribution in [2.75, 3.05) is 14.1 Å². The van der Waals surface area contributed by atoms with Crippen LogP contribution in [0.25, 0.3) is 16.9 Å². The number of hydrogen-bond acceptors (Lipinski definition) is 10. The standard InChI is InChI=1S/C32H35N5O6/c1-29(2,3)16-8-6-15(7-9-16)17-10-11-19(38)20-18(17)12-30(35)13-32(36)25(37(4)5)24(40)21(28(34)43)26(41)31(32,14-33)27(42)22(30)23(20)39/h6-11,25,38-39,41H,12-13,35-36H2,1-5H3,(H2,34,43)/t25-,30-,31+,32-/m1/s1. The van der Waals surface area contributed by atoms with E-state index in [1.807, 2.05) is 24.3 Å². The van der Waals surface area contributed by atoms with Gasteiger partial charge < -0.3 is 32.5 Å². The highest BCUT2D eigenvalue weighted by Gasteiger charge is 2.74. The van der Waals surface area contributed by atoms with Crippen molar-refractivity contribution in [2.24, 2.45) is 22.6 Å². The Hall–Kier alpha value is -4.50. The van der Waals surface area contributed by atoms with Gasteiger partial charge in [-0.2, -0.15) is 5.26 Å². The number of carbonyl (C=O) groups is 3. The van der Waals surface area contributed by atoms with E-state index in [-0.39, 0.29) is 23.1 Å². The summed E-state index contributed by atoms with van der Waals surface area (Å²) in [4.78, 5) is 41.7. The number of aromatic hydroxyl groups is 1. The number of likely N-dealkylation sites (N-methyl/N-ethyl adjacent to an activating group) is 1. The van der Waals surface area contributed by atoms with Gasteiger partial charge in [0.05, 0.1) is 34.3 Å². The molecule has 1 fully saturated rings. The average Bonchev–Trinajstić information content (AvgIpc) is 2.87. The normalized spacial score (nSPS) is 28.8. The Labute approximate surface area is 248 Å². The summed E-state index contributed by atoms with van der Waals surface area (Å²) < 4.78 is 0. The number of primary amides is 1. The molecule has 3 aliphatic rings. The zero-order valence-corrected chi connectivity index (χ0v) is 24.6. The molecule has 0 saturated heterocycles. The summed E-state index contributed by atoms with van der Waals surface area (Å²) in [6.07, 6.45) is -0.541. The maximum atomic E-state index is 14.5. The van der Waals surface area contributed by atoms with Crippen LogP contribution in [0.3, 0.4) is 0 Å². The van der Waals surface area contributed by atoms with Gasteiger partial charge in [-0.1, -0.05) is 51.1 Å². The van der Waals surface area contributed by atoms with Crippen molar-refractivity contribution in [3.05, 3.63) is 70.0 Å². The second-order valence-electron chi connectivity index (χ2n) is 13.1. The van der Waals surface area contributed by atoms with Crippen LogP contribution in [0.4, 0.5) is 0 Å². The van der Waals surface area contributed by atoms with Gasteiger partial charge in [-0.15, -0.1) is 0 Å². The Morgan fingerprint density at radius 1 is 1.05 bits per heavy atom. The Morgan fingerprint density at radius 2 is 1.65 bits per heavy atom. The maximum absolute atomic E-state index is 14.5. The lowest BCUT2D eigenvalue weighted by atomic mass is 9.47. The number of Topliss-reactive ketones (excluding diaryl/α,β-unsaturated/α-hetero) is 2. The molecule has 11 heteroatoms. The predicted octanol–water partition coefficient (Wildman–Crippen LogP) is 1.87. The highest BCUT2D eigenvalue weighted by atomic mass is 16.3. The number of phenolic OH excluding ortho intramolecular Hbond substituents is 1. The predicted molar refractivity (Wildman–Crippen MR) is 158 cm³/mol. The number of aliphatic hydroxyl groups excluding tert-OH is 2. The summed E-state index contributed by atoms with van der Waals surface area (Å²) in [7, 11) is 2.95. The number of carbonyl (C=O) groups excluding carboxylic acids is 3. The van der Waals surface area contributed by atoms with Gasteiger partial charge in [0.25, 0.3) is 5.91 Å². The number of nitrogens with zero attached hydrogens (tertiary/aromatic N) is 2. The molecule has 2 aromatic rings. The zero-order chi connectivity index (χ0) is 32.0. The second kappa shape index (κ2) is 9.25. The Kier molecular flexibility index (Phi) is 6.45. The smallest absolute Gasteiger partial charge is 0.255 e. The summed E-state index contributed by atoms with van der Waals surface area (Å²) in [5.41, 5.74) is 14.2. The summed E-state index contributed by atoms with van der Waals surface area (Å²) in [6.45, 7) is 6.27. The first-order valence-corrected chi connectivity index (χ1v) is 13.7. The molecule has 224 valence electrons. The van der Waals surface area contributed by atoms with E-state index in [1.165, 1.54) is 25.1 Å². The molecule has 1 amide bonds. The molecule has 0 unspecified atom stereocenters. The first kappa shape index (κ1) is 30.0. The molecule has 11 nitrogen and oxygen atoms in total. The number of fused-ring (bicyclic) bond motifs is 3. The van der Waals surface area contributed by atoms with Crippen molar-refractivity contribution in [1.82, 2.24) is 4.90 Å². The van der Waals surface area contributed by atoms with Gasteiger partial charge in [-0.3, -0.25) is 19.3 Å². The molecule has 43 heavy (non-hydrogen) atoms. The third-order valence-corrected chi connectivity index (χ3v) is 9.20. The number of rotatable bonds is 3. The number of phenols is 1. The molecule has 2 aromatic carbocycles. The number of amides is 1. The zero-order valence-electron chi connectivity index (χ0n) is 24.6. The van der Waals surface area contributed by atoms with E-state index in [4.69, 9.17) is 17.2 Å². The summed E-state index contributed by atoms with van der Waals surface area (Å²) in [6, 6.07) is 11.2. The number of nitrogens with two attached hydrogens (primary N) is 3. The molecule has 0 spiro atoms. The van der Waals surface area contributed by atoms with E-state index in [0.717, 1.165) is 11.1 Å². The SMILES string of the molecule is CN(C)[C@@H]1C(=O)C(C(N)=O)=C(O)[C@@]2(C#N)C(=O)C3=C(O)c4c(O)ccc(-c5ccc(C(C)(C)C)cc5)c4C[C@@]3(N)C[C@@]12N. The molecular weight excluding hydrogens is 550 g/mol. The lowest BCUT2D eigenvalue weighted by Gasteiger charge is -2.58. The van der Waals surface area contributed by atoms with Crippen molar-refractivity contribution >= 4 is 23.2 Å². The average molecular weight is 586 g/mol. The fourth-order valence-electron chi connectivity index (χ4n) is 7.25. The lowest BCUT2D eigenvalue weighted by molar-refractivity contribution is -0.139. The molecule has 3 aliphatic carbocycles. The van der Waals surface area contributed by atoms with Crippen LogP contribution >= 0.6 is 0 Å². The van der Waals surface area contributed by atoms with Gasteiger partial charge in [0.2, 0.25) is 0 Å². The first-order chi connectivity index (χ1) is 19.9. The third kappa shape index (κ3) is 3.80. The van der Waals surface area contributed by atoms with Crippen molar-refractivity contribution < 1.29 is 29.7 Å². The molecule has 0 aliphatic heterocycles. The first-order valence-electron chi connectivity index (χ1n) is 13.7. The van der Waals surface area contributed by atoms with Gasteiger partial charge in [0.1, 0.15) is 22.8 Å². The van der Waals surface area contributed by atoms with Crippen LogP contribution in [0.5, 0.6) is 5.75 Å². The molecule has 0 bridgehead atoms. The largest absolute Gasteiger partial charge is 0.509 e. The van der Waals surface area contributed by atoms with Crippen molar-refractivity contribution in [1.29, 1.82) is 5.26 Å². The van der Waals surface area contributed by atoms with Crippen LogP contribution < -0.4 is 17.2 Å². The number of ketones is 2. The Morgan fingerprint density at radius 3 is 2.16 bits per heavy atom. The fraction of sp³-hybridized carbons (Fsp3) is 0.375. The highest BCUT2D eigenvalue weighted by Crippen LogP contribution is 2.58. The maximum Gasteiger partial charge on any atom is 0.255 e. The lowest BCUT2D eigenvalue weighted by Crippen LogP contribution is -2.80. The van der Waals surface area contributed by atoms with Crippen LogP contribution in [-0.2, 0) is 26.2 Å². The van der Waals surface area contributed by atoms with Crippen molar-refractivity contribution in [3.63, 3.8) is 0 Å². The number of nitriles is 1. The van der Waals surface area contributed by atoms with Crippen molar-refractivity contribution in [3.8, 4) is 22.9 Å². The van der Waals surface area contributed by atoms with Crippen molar-refractivity contribution in [2.45, 2.75) is 56.1 Å². The molecule has 1 saturated carbocycles. The van der Waals surface area contributed by atoms with Crippen LogP contribution in [-0.4, -0.2) is 68.9 Å². The van der Waals surface area contributed by atoms with E-state index in [1.54, 1.807) is 12.1 Å². The summed E-state index contributed by atoms with van der Waals surface area (Å²) in [5.74, 6) is -5.65. The molecular formula is C32H35N5O6. The molecule has 4 atom stereocenters. The molecule has 5 rings (SSSR count). The van der Waals surface area contributed by atoms with E-state index in [9.17, 15) is 35.0 Å². The van der Waals surface area contributed by atoms with E-state index in [2.05, 4.69) is 20.8 Å². The van der Waals surface area contributed by atoms with Gasteiger partial charge in [0.15, 0.2) is 17.0 Å². The molecule has 0 radical (unpaired) electrons. The number of benzene rings is 2. The molecule has 0 heterocycles. The minimum Gasteiger partial charge on any atom is -0.509 e. The fourth-order valence-corrected chi connectivity index (χ4v) is 7.25. The van der Waals surface area contributed by atoms with Crippen LogP contribution in [0, 0.1) is 16.7 Å². The summed E-state index contributed by atoms with van der Waals surface area (Å²) >= 11 is 0. The number of aliphatic hydroxyl groups is 2. The van der Waals surface area contributed by atoms with E-state index >= 15 is 0 Å². The third-order valence-electron chi connectivity index (χ3n) is 9.20. The number of hydrogen-bond donors (Lipinski definition) is 6. The molecule has 0 aromatic heterocycles. The minimum absolute atomic E-state index is 0.0472. The monoisotopic (exact) mass is 585 g/mol. The topological polar surface area (TPSA) is 217 Å². The Balaban J connectivity index is 1.81. The minimum atomic E-state index is -2.69. The van der Waals surface area contributed by atoms with Gasteiger partial charge in [-0.05, 0) is 60.7 Å². The van der Waals surface area contributed by atoms with Gasteiger partial charge >= 0.3 is 0 Å². The van der Waals surface area contributed by atoms with E-state index < -0.39 is 69.1 Å². The van der Waals surface area contributed by atoms with Gasteiger partial charge in [-0.25, -0.2) is 0 Å². The van der Waals surface area contributed by atoms with Crippen LogP contribution in [0.15, 0.2) is 53.3 Å². The highest BCUT2D eigenvalue weighted by molar-refractivity contribution is 6.25. The van der Waals surface area contributed by atoms with E-state index in [0.29, 0.717) is 11.1 Å². The van der Waals surface area contributed by atoms with Crippen LogP contribution in [0.2, 0.25) is 0 Å². The Bertz CT molecular complexity index is 1730. The summed E-state index contributed by atoms with van der Waals surface area (Å²) in [5, 5.41) is 44.4. The van der Waals surface area contributed by atoms with Crippen LogP contribution in [0.1, 0.15) is 43.9 Å². The molecule has 9 N–H and O–H groups in total. The van der Waals surface area contributed by atoms with Gasteiger partial charge in [0, 0.05) is 0 Å².